The molecule has 8 heteroatoms. The number of hydrogen-bond donors (Lipinski definition) is 0. The second kappa shape index (κ2) is 4.32. The highest BCUT2D eigenvalue weighted by molar-refractivity contribution is 8.06. The summed E-state index contributed by atoms with van der Waals surface area (Å²) in [4.78, 5) is 4.85. The normalized spacial score (nSPS) is 20.4. The van der Waals surface area contributed by atoms with Crippen molar-refractivity contribution in [2.45, 2.75) is 32.0 Å². The predicted octanol–water partition coefficient (Wildman–Crippen LogP) is 2.03. The number of alkyl halides is 3. The minimum absolute atomic E-state index is 0.0647. The lowest BCUT2D eigenvalue weighted by Crippen LogP contribution is -2.23. The Morgan fingerprint density at radius 3 is 2.47 bits per heavy atom. The zero-order chi connectivity index (χ0) is 13.3. The first-order valence-corrected chi connectivity index (χ1v) is 6.39. The van der Waals surface area contributed by atoms with Crippen LogP contribution in [0.15, 0.2) is 17.3 Å². The number of sulfone groups is 1. The Hall–Kier alpha value is -1.05. The van der Waals surface area contributed by atoms with Gasteiger partial charge in [0, 0.05) is 12.5 Å². The van der Waals surface area contributed by atoms with Crippen molar-refractivity contribution in [1.82, 2.24) is 0 Å². The van der Waals surface area contributed by atoms with Crippen LogP contribution in [0, 0.1) is 0 Å². The maximum atomic E-state index is 11.8. The lowest BCUT2D eigenvalue weighted by atomic mass is 10.1. The first kappa shape index (κ1) is 14.0. The van der Waals surface area contributed by atoms with Crippen molar-refractivity contribution in [1.29, 1.82) is 0 Å². The molecule has 98 valence electrons. The molecule has 0 bridgehead atoms. The van der Waals surface area contributed by atoms with E-state index in [-0.39, 0.29) is 17.5 Å². The third kappa shape index (κ3) is 4.37. The fourth-order valence-electron chi connectivity index (χ4n) is 1.17. The minimum atomic E-state index is -4.51. The number of hydrogen-bond acceptors (Lipinski definition) is 4. The summed E-state index contributed by atoms with van der Waals surface area (Å²) in [7, 11) is -3.82. The molecule has 17 heavy (non-hydrogen) atoms. The Morgan fingerprint density at radius 2 is 2.06 bits per heavy atom. The second-order valence-electron chi connectivity index (χ2n) is 4.24. The van der Waals surface area contributed by atoms with E-state index in [1.807, 2.05) is 0 Å². The first-order chi connectivity index (χ1) is 7.52. The molecule has 0 radical (unpaired) electrons. The minimum Gasteiger partial charge on any atom is -0.389 e. The van der Waals surface area contributed by atoms with Gasteiger partial charge in [-0.05, 0) is 13.8 Å². The number of rotatable bonds is 2. The number of oxime groups is 1. The molecule has 1 aliphatic rings. The lowest BCUT2D eigenvalue weighted by Gasteiger charge is -2.12. The van der Waals surface area contributed by atoms with Crippen LogP contribution in [0.25, 0.3) is 0 Å². The van der Waals surface area contributed by atoms with Gasteiger partial charge in [-0.3, -0.25) is 0 Å². The Morgan fingerprint density at radius 1 is 1.47 bits per heavy atom. The molecule has 1 aliphatic heterocycles. The van der Waals surface area contributed by atoms with Crippen LogP contribution in [-0.2, 0) is 14.7 Å². The second-order valence-corrected chi connectivity index (χ2v) is 6.27. The van der Waals surface area contributed by atoms with Crippen molar-refractivity contribution < 1.29 is 26.4 Å². The van der Waals surface area contributed by atoms with Gasteiger partial charge in [-0.25, -0.2) is 8.42 Å². The molecule has 0 saturated heterocycles. The van der Waals surface area contributed by atoms with Crippen molar-refractivity contribution >= 4 is 14.9 Å². The molecule has 0 saturated carbocycles. The average Bonchev–Trinajstić information content (AvgIpc) is 2.43. The van der Waals surface area contributed by atoms with Crippen LogP contribution in [0.1, 0.15) is 20.3 Å². The summed E-state index contributed by atoms with van der Waals surface area (Å²) >= 11 is 0. The molecule has 0 spiro atoms. The van der Waals surface area contributed by atoms with Gasteiger partial charge in [0.25, 0.3) is 0 Å². The summed E-state index contributed by atoms with van der Waals surface area (Å²) < 4.78 is 58.5. The van der Waals surface area contributed by atoms with Gasteiger partial charge in [-0.1, -0.05) is 11.2 Å². The Bertz CT molecular complexity index is 449. The molecular formula is C9H12F3NO3S. The smallest absolute Gasteiger partial charge is 0.389 e. The largest absolute Gasteiger partial charge is 0.409 e. The Kier molecular flexibility index (Phi) is 3.56. The Balaban J connectivity index is 2.69. The van der Waals surface area contributed by atoms with Gasteiger partial charge in [0.2, 0.25) is 0 Å². The van der Waals surface area contributed by atoms with Gasteiger partial charge in [-0.2, -0.15) is 13.2 Å². The predicted molar refractivity (Wildman–Crippen MR) is 56.2 cm³/mol. The third-order valence-electron chi connectivity index (χ3n) is 1.95. The SMILES string of the molecule is CC1(C)CC(S(=O)(=O)C/C=C/C(F)(F)F)=NO1. The van der Waals surface area contributed by atoms with E-state index in [0.717, 1.165) is 0 Å². The lowest BCUT2D eigenvalue weighted by molar-refractivity contribution is -0.0799. The maximum absolute atomic E-state index is 11.8. The third-order valence-corrected chi connectivity index (χ3v) is 3.52. The van der Waals surface area contributed by atoms with E-state index in [2.05, 4.69) is 5.16 Å². The zero-order valence-electron chi connectivity index (χ0n) is 9.28. The van der Waals surface area contributed by atoms with E-state index < -0.39 is 27.4 Å². The van der Waals surface area contributed by atoms with Gasteiger partial charge in [0.05, 0.1) is 5.75 Å². The molecule has 0 fully saturated rings. The molecule has 0 aliphatic carbocycles. The Labute approximate surface area is 97.0 Å². The fraction of sp³-hybridized carbons (Fsp3) is 0.667. The summed E-state index contributed by atoms with van der Waals surface area (Å²) in [6, 6.07) is 0. The van der Waals surface area contributed by atoms with E-state index in [0.29, 0.717) is 6.08 Å². The van der Waals surface area contributed by atoms with Gasteiger partial charge >= 0.3 is 6.18 Å². The first-order valence-electron chi connectivity index (χ1n) is 4.74. The molecule has 1 heterocycles. The van der Waals surface area contributed by atoms with Gasteiger partial charge in [-0.15, -0.1) is 0 Å². The van der Waals surface area contributed by atoms with E-state index in [1.54, 1.807) is 13.8 Å². The summed E-state index contributed by atoms with van der Waals surface area (Å²) in [5.41, 5.74) is -0.726. The van der Waals surface area contributed by atoms with E-state index in [9.17, 15) is 21.6 Å². The number of allylic oxidation sites excluding steroid dienone is 1. The standard InChI is InChI=1S/C9H12F3NO3S/c1-8(2)6-7(13-16-8)17(14,15)5-3-4-9(10,11)12/h3-4H,5-6H2,1-2H3/b4-3+. The highest BCUT2D eigenvalue weighted by Crippen LogP contribution is 2.25. The molecule has 0 unspecified atom stereocenters. The van der Waals surface area contributed by atoms with E-state index in [1.165, 1.54) is 0 Å². The number of halogens is 3. The van der Waals surface area contributed by atoms with Crippen LogP contribution in [-0.4, -0.2) is 31.0 Å². The van der Waals surface area contributed by atoms with Crippen LogP contribution in [0.2, 0.25) is 0 Å². The van der Waals surface area contributed by atoms with Crippen molar-refractivity contribution in [2.24, 2.45) is 5.16 Å². The molecule has 0 aromatic rings. The molecule has 0 N–H and O–H groups in total. The van der Waals surface area contributed by atoms with Crippen molar-refractivity contribution in [3.63, 3.8) is 0 Å². The molecule has 1 rings (SSSR count). The van der Waals surface area contributed by atoms with Gasteiger partial charge in [0.15, 0.2) is 14.9 Å². The van der Waals surface area contributed by atoms with Crippen LogP contribution in [0.4, 0.5) is 13.2 Å². The quantitative estimate of drug-likeness (QED) is 0.722. The topological polar surface area (TPSA) is 55.7 Å². The summed E-state index contributed by atoms with van der Waals surface area (Å²) in [6.07, 6.45) is -3.99. The van der Waals surface area contributed by atoms with Crippen molar-refractivity contribution in [2.75, 3.05) is 5.75 Å². The highest BCUT2D eigenvalue weighted by atomic mass is 32.2. The fourth-order valence-corrected chi connectivity index (χ4v) is 2.43. The van der Waals surface area contributed by atoms with E-state index in [4.69, 9.17) is 4.84 Å². The molecular weight excluding hydrogens is 259 g/mol. The van der Waals surface area contributed by atoms with Crippen LogP contribution >= 0.6 is 0 Å². The molecule has 0 aromatic carbocycles. The summed E-state index contributed by atoms with van der Waals surface area (Å²) in [6.45, 7) is 3.29. The van der Waals surface area contributed by atoms with E-state index >= 15 is 0 Å². The maximum Gasteiger partial charge on any atom is 0.409 e. The summed E-state index contributed by atoms with van der Waals surface area (Å²) in [5, 5.41) is 3.18. The number of nitrogens with zero attached hydrogens (tertiary/aromatic N) is 1. The van der Waals surface area contributed by atoms with Crippen molar-refractivity contribution in [3.8, 4) is 0 Å². The summed E-state index contributed by atoms with van der Waals surface area (Å²) in [5.74, 6) is -0.731. The molecule has 4 nitrogen and oxygen atoms in total. The zero-order valence-corrected chi connectivity index (χ0v) is 10.1. The van der Waals surface area contributed by atoms with Crippen molar-refractivity contribution in [3.05, 3.63) is 12.2 Å². The van der Waals surface area contributed by atoms with Gasteiger partial charge < -0.3 is 4.84 Å². The molecule has 0 aromatic heterocycles. The van der Waals surface area contributed by atoms with Gasteiger partial charge in [0.1, 0.15) is 5.60 Å². The highest BCUT2D eigenvalue weighted by Gasteiger charge is 2.35. The molecule has 0 amide bonds. The van der Waals surface area contributed by atoms with Crippen LogP contribution in [0.3, 0.4) is 0 Å². The van der Waals surface area contributed by atoms with Crippen LogP contribution < -0.4 is 0 Å². The van der Waals surface area contributed by atoms with Crippen LogP contribution in [0.5, 0.6) is 0 Å². The molecule has 0 atom stereocenters. The average molecular weight is 271 g/mol. The monoisotopic (exact) mass is 271 g/mol.